The summed E-state index contributed by atoms with van der Waals surface area (Å²) in [6, 6.07) is 13.7. The minimum Gasteiger partial charge on any atom is -0.326 e. The second-order valence-electron chi connectivity index (χ2n) is 5.92. The van der Waals surface area contributed by atoms with Gasteiger partial charge in [0.15, 0.2) is 5.13 Å². The molecule has 5 nitrogen and oxygen atoms in total. The fraction of sp³-hybridized carbons (Fsp3) is 0.211. The second kappa shape index (κ2) is 7.44. The number of aromatic nitrogens is 1. The molecule has 0 atom stereocenters. The minimum atomic E-state index is -0.132. The number of nitrogens with zero attached hydrogens (tertiary/aromatic N) is 1. The SMILES string of the molecule is CC(=O)Nc1nc2ccc(CCC(=O)Nc3ccc(C)cc3)cc2s1. The van der Waals surface area contributed by atoms with Gasteiger partial charge >= 0.3 is 0 Å². The Kier molecular flexibility index (Phi) is 5.09. The molecule has 0 unspecified atom stereocenters. The fourth-order valence-electron chi connectivity index (χ4n) is 2.45. The first-order chi connectivity index (χ1) is 12.0. The summed E-state index contributed by atoms with van der Waals surface area (Å²) in [5.41, 5.74) is 3.90. The van der Waals surface area contributed by atoms with Gasteiger partial charge in [-0.1, -0.05) is 35.1 Å². The molecule has 1 aromatic heterocycles. The summed E-state index contributed by atoms with van der Waals surface area (Å²) < 4.78 is 1.00. The van der Waals surface area contributed by atoms with Crippen molar-refractivity contribution in [2.45, 2.75) is 26.7 Å². The van der Waals surface area contributed by atoms with Gasteiger partial charge in [0.2, 0.25) is 11.8 Å². The van der Waals surface area contributed by atoms with Crippen molar-refractivity contribution in [2.75, 3.05) is 10.6 Å². The van der Waals surface area contributed by atoms with Gasteiger partial charge in [-0.2, -0.15) is 0 Å². The molecule has 0 bridgehead atoms. The van der Waals surface area contributed by atoms with E-state index in [-0.39, 0.29) is 11.8 Å². The maximum absolute atomic E-state index is 12.1. The largest absolute Gasteiger partial charge is 0.326 e. The predicted octanol–water partition coefficient (Wildman–Crippen LogP) is 4.13. The summed E-state index contributed by atoms with van der Waals surface area (Å²) in [6.07, 6.45) is 1.07. The molecule has 0 aliphatic heterocycles. The molecule has 3 aromatic rings. The number of benzene rings is 2. The molecule has 0 saturated carbocycles. The van der Waals surface area contributed by atoms with Gasteiger partial charge in [-0.05, 0) is 43.2 Å². The van der Waals surface area contributed by atoms with Gasteiger partial charge in [0.05, 0.1) is 10.2 Å². The second-order valence-corrected chi connectivity index (χ2v) is 6.95. The maximum Gasteiger partial charge on any atom is 0.224 e. The number of rotatable bonds is 5. The molecule has 3 rings (SSSR count). The summed E-state index contributed by atoms with van der Waals surface area (Å²) in [5, 5.41) is 6.20. The number of hydrogen-bond donors (Lipinski definition) is 2. The first kappa shape index (κ1) is 17.1. The predicted molar refractivity (Wildman–Crippen MR) is 102 cm³/mol. The molecular weight excluding hydrogens is 334 g/mol. The maximum atomic E-state index is 12.1. The van der Waals surface area contributed by atoms with Gasteiger partial charge in [0, 0.05) is 19.0 Å². The van der Waals surface area contributed by atoms with Gasteiger partial charge in [-0.25, -0.2) is 4.98 Å². The molecule has 0 fully saturated rings. The van der Waals surface area contributed by atoms with Crippen LogP contribution in [0, 0.1) is 6.92 Å². The Morgan fingerprint density at radius 2 is 1.84 bits per heavy atom. The van der Waals surface area contributed by atoms with E-state index in [4.69, 9.17) is 0 Å². The van der Waals surface area contributed by atoms with Crippen molar-refractivity contribution in [1.82, 2.24) is 4.98 Å². The number of anilines is 2. The first-order valence-electron chi connectivity index (χ1n) is 8.03. The third-order valence-corrected chi connectivity index (χ3v) is 4.65. The Labute approximate surface area is 150 Å². The number of carbonyl (C=O) groups is 2. The van der Waals surface area contributed by atoms with Crippen molar-refractivity contribution in [2.24, 2.45) is 0 Å². The number of thiazole rings is 1. The zero-order valence-electron chi connectivity index (χ0n) is 14.1. The number of hydrogen-bond acceptors (Lipinski definition) is 4. The highest BCUT2D eigenvalue weighted by Crippen LogP contribution is 2.27. The molecule has 0 saturated heterocycles. The lowest BCUT2D eigenvalue weighted by molar-refractivity contribution is -0.116. The molecule has 0 aliphatic carbocycles. The lowest BCUT2D eigenvalue weighted by Gasteiger charge is -2.06. The van der Waals surface area contributed by atoms with E-state index in [0.29, 0.717) is 18.0 Å². The van der Waals surface area contributed by atoms with E-state index >= 15 is 0 Å². The quantitative estimate of drug-likeness (QED) is 0.724. The number of carbonyl (C=O) groups excluding carboxylic acids is 2. The highest BCUT2D eigenvalue weighted by atomic mass is 32.1. The van der Waals surface area contributed by atoms with Crippen molar-refractivity contribution in [3.63, 3.8) is 0 Å². The summed E-state index contributed by atoms with van der Waals surface area (Å²) in [7, 11) is 0. The van der Waals surface area contributed by atoms with Crippen LogP contribution in [-0.4, -0.2) is 16.8 Å². The van der Waals surface area contributed by atoms with Gasteiger partial charge in [0.1, 0.15) is 0 Å². The Hall–Kier alpha value is -2.73. The molecule has 0 spiro atoms. The van der Waals surface area contributed by atoms with E-state index in [1.807, 2.05) is 49.4 Å². The van der Waals surface area contributed by atoms with Crippen LogP contribution < -0.4 is 10.6 Å². The first-order valence-corrected chi connectivity index (χ1v) is 8.85. The van der Waals surface area contributed by atoms with Crippen LogP contribution in [-0.2, 0) is 16.0 Å². The number of nitrogens with one attached hydrogen (secondary N) is 2. The summed E-state index contributed by atoms with van der Waals surface area (Å²) in [4.78, 5) is 27.6. The van der Waals surface area contributed by atoms with Crippen LogP contribution in [0.5, 0.6) is 0 Å². The van der Waals surface area contributed by atoms with E-state index in [0.717, 1.165) is 27.0 Å². The third-order valence-electron chi connectivity index (χ3n) is 3.71. The van der Waals surface area contributed by atoms with Crippen molar-refractivity contribution in [1.29, 1.82) is 0 Å². The third kappa shape index (κ3) is 4.64. The fourth-order valence-corrected chi connectivity index (χ4v) is 3.42. The molecule has 0 radical (unpaired) electrons. The van der Waals surface area contributed by atoms with Gasteiger partial charge in [-0.15, -0.1) is 0 Å². The van der Waals surface area contributed by atoms with Crippen LogP contribution in [0.15, 0.2) is 42.5 Å². The zero-order chi connectivity index (χ0) is 17.8. The summed E-state index contributed by atoms with van der Waals surface area (Å²) >= 11 is 1.43. The molecule has 2 N–H and O–H groups in total. The molecule has 6 heteroatoms. The van der Waals surface area contributed by atoms with E-state index in [1.165, 1.54) is 18.3 Å². The Bertz CT molecular complexity index is 916. The van der Waals surface area contributed by atoms with Crippen molar-refractivity contribution < 1.29 is 9.59 Å². The van der Waals surface area contributed by atoms with Crippen LogP contribution in [0.3, 0.4) is 0 Å². The van der Waals surface area contributed by atoms with Gasteiger partial charge < -0.3 is 10.6 Å². The monoisotopic (exact) mass is 353 g/mol. The molecule has 2 aromatic carbocycles. The minimum absolute atomic E-state index is 0.00723. The summed E-state index contributed by atoms with van der Waals surface area (Å²) in [6.45, 7) is 3.47. The van der Waals surface area contributed by atoms with Gasteiger partial charge in [0.25, 0.3) is 0 Å². The van der Waals surface area contributed by atoms with E-state index < -0.39 is 0 Å². The van der Waals surface area contributed by atoms with Crippen LogP contribution in [0.1, 0.15) is 24.5 Å². The Balaban J connectivity index is 1.61. The van der Waals surface area contributed by atoms with Crippen molar-refractivity contribution >= 4 is 44.2 Å². The highest BCUT2D eigenvalue weighted by molar-refractivity contribution is 7.22. The molecule has 25 heavy (non-hydrogen) atoms. The van der Waals surface area contributed by atoms with Gasteiger partial charge in [-0.3, -0.25) is 9.59 Å². The van der Waals surface area contributed by atoms with E-state index in [9.17, 15) is 9.59 Å². The molecule has 128 valence electrons. The van der Waals surface area contributed by atoms with Crippen LogP contribution in [0.25, 0.3) is 10.2 Å². The number of fused-ring (bicyclic) bond motifs is 1. The number of aryl methyl sites for hydroxylation is 2. The number of amides is 2. The molecule has 1 heterocycles. The normalized spacial score (nSPS) is 10.6. The average molecular weight is 353 g/mol. The topological polar surface area (TPSA) is 71.1 Å². The van der Waals surface area contributed by atoms with Crippen LogP contribution in [0.2, 0.25) is 0 Å². The average Bonchev–Trinajstić information content (AvgIpc) is 2.95. The smallest absolute Gasteiger partial charge is 0.224 e. The Morgan fingerprint density at radius 1 is 1.08 bits per heavy atom. The zero-order valence-corrected chi connectivity index (χ0v) is 14.9. The lowest BCUT2D eigenvalue weighted by Crippen LogP contribution is -2.12. The highest BCUT2D eigenvalue weighted by Gasteiger charge is 2.08. The molecule has 2 amide bonds. The van der Waals surface area contributed by atoms with Crippen LogP contribution >= 0.6 is 11.3 Å². The van der Waals surface area contributed by atoms with Crippen molar-refractivity contribution in [3.05, 3.63) is 53.6 Å². The Morgan fingerprint density at radius 3 is 2.56 bits per heavy atom. The van der Waals surface area contributed by atoms with E-state index in [1.54, 1.807) is 0 Å². The van der Waals surface area contributed by atoms with Crippen molar-refractivity contribution in [3.8, 4) is 0 Å². The molecule has 0 aliphatic rings. The standard InChI is InChI=1S/C19H19N3O2S/c1-12-3-7-15(8-4-12)21-18(24)10-6-14-5-9-16-17(11-14)25-19(22-16)20-13(2)23/h3-5,7-9,11H,6,10H2,1-2H3,(H,21,24)(H,20,22,23). The lowest BCUT2D eigenvalue weighted by atomic mass is 10.1. The van der Waals surface area contributed by atoms with E-state index in [2.05, 4.69) is 15.6 Å². The van der Waals surface area contributed by atoms with Crippen LogP contribution in [0.4, 0.5) is 10.8 Å². The summed E-state index contributed by atoms with van der Waals surface area (Å²) in [5.74, 6) is -0.140. The molecular formula is C19H19N3O2S.